The lowest BCUT2D eigenvalue weighted by Gasteiger charge is -2.34. The maximum absolute atomic E-state index is 11.0. The minimum Gasteiger partial charge on any atom is -0.478 e. The van der Waals surface area contributed by atoms with Crippen LogP contribution in [0.4, 0.5) is 0 Å². The van der Waals surface area contributed by atoms with E-state index in [1.54, 1.807) is 6.07 Å². The summed E-state index contributed by atoms with van der Waals surface area (Å²) in [5, 5.41) is 9.01. The molecule has 1 aliphatic rings. The number of hydrogen-bond donors (Lipinski definition) is 1. The highest BCUT2D eigenvalue weighted by Gasteiger charge is 2.22. The summed E-state index contributed by atoms with van der Waals surface area (Å²) in [4.78, 5) is 13.5. The standard InChI is InChI=1S/C15H21NO2/c1-11(2)16-8-6-12(7-9-16)13-4-3-5-14(10-13)15(17)18/h3-5,10-12H,6-9H2,1-2H3,(H,17,18). The van der Waals surface area contributed by atoms with Gasteiger partial charge in [0, 0.05) is 6.04 Å². The van der Waals surface area contributed by atoms with E-state index in [0.29, 0.717) is 17.5 Å². The minimum absolute atomic E-state index is 0.402. The molecule has 0 saturated carbocycles. The summed E-state index contributed by atoms with van der Waals surface area (Å²) in [6.07, 6.45) is 2.25. The Kier molecular flexibility index (Phi) is 4.02. The smallest absolute Gasteiger partial charge is 0.335 e. The normalized spacial score (nSPS) is 18.2. The Morgan fingerprint density at radius 3 is 2.56 bits per heavy atom. The number of aromatic carboxylic acids is 1. The molecular formula is C15H21NO2. The van der Waals surface area contributed by atoms with Crippen LogP contribution >= 0.6 is 0 Å². The molecule has 0 bridgehead atoms. The summed E-state index contributed by atoms with van der Waals surface area (Å²) < 4.78 is 0. The third kappa shape index (κ3) is 2.91. The van der Waals surface area contributed by atoms with Crippen LogP contribution in [0.3, 0.4) is 0 Å². The van der Waals surface area contributed by atoms with E-state index >= 15 is 0 Å². The average Bonchev–Trinajstić information content (AvgIpc) is 2.39. The van der Waals surface area contributed by atoms with Gasteiger partial charge < -0.3 is 10.0 Å². The maximum atomic E-state index is 11.0. The van der Waals surface area contributed by atoms with Crippen molar-refractivity contribution in [1.82, 2.24) is 4.90 Å². The molecule has 3 heteroatoms. The van der Waals surface area contributed by atoms with E-state index in [2.05, 4.69) is 24.8 Å². The fourth-order valence-electron chi connectivity index (χ4n) is 2.67. The van der Waals surface area contributed by atoms with Crippen molar-refractivity contribution in [3.8, 4) is 0 Å². The van der Waals surface area contributed by atoms with E-state index in [-0.39, 0.29) is 0 Å². The summed E-state index contributed by atoms with van der Waals surface area (Å²) in [5.41, 5.74) is 1.58. The monoisotopic (exact) mass is 247 g/mol. The number of likely N-dealkylation sites (tertiary alicyclic amines) is 1. The number of carboxylic acids is 1. The molecule has 1 aromatic carbocycles. The van der Waals surface area contributed by atoms with E-state index in [1.807, 2.05) is 12.1 Å². The van der Waals surface area contributed by atoms with Gasteiger partial charge in [0.05, 0.1) is 5.56 Å². The summed E-state index contributed by atoms with van der Waals surface area (Å²) in [6.45, 7) is 6.68. The molecule has 0 unspecified atom stereocenters. The van der Waals surface area contributed by atoms with Gasteiger partial charge in [0.1, 0.15) is 0 Å². The summed E-state index contributed by atoms with van der Waals surface area (Å²) in [6, 6.07) is 8.01. The topological polar surface area (TPSA) is 40.5 Å². The van der Waals surface area contributed by atoms with Crippen LogP contribution in [0.2, 0.25) is 0 Å². The first-order valence-corrected chi connectivity index (χ1v) is 6.65. The number of benzene rings is 1. The highest BCUT2D eigenvalue weighted by molar-refractivity contribution is 5.87. The zero-order valence-electron chi connectivity index (χ0n) is 11.1. The van der Waals surface area contributed by atoms with Crippen LogP contribution in [0, 0.1) is 0 Å². The van der Waals surface area contributed by atoms with Crippen molar-refractivity contribution in [2.45, 2.75) is 38.6 Å². The van der Waals surface area contributed by atoms with Crippen LogP contribution in [0.1, 0.15) is 48.5 Å². The molecule has 1 saturated heterocycles. The van der Waals surface area contributed by atoms with Crippen LogP contribution in [0.15, 0.2) is 24.3 Å². The van der Waals surface area contributed by atoms with Gasteiger partial charge in [0.15, 0.2) is 0 Å². The highest BCUT2D eigenvalue weighted by Crippen LogP contribution is 2.29. The van der Waals surface area contributed by atoms with E-state index in [9.17, 15) is 4.79 Å². The lowest BCUT2D eigenvalue weighted by Crippen LogP contribution is -2.37. The number of rotatable bonds is 3. The molecule has 0 amide bonds. The number of carbonyl (C=O) groups is 1. The predicted molar refractivity (Wildman–Crippen MR) is 72.1 cm³/mol. The molecule has 1 N–H and O–H groups in total. The summed E-state index contributed by atoms with van der Waals surface area (Å²) >= 11 is 0. The van der Waals surface area contributed by atoms with Gasteiger partial charge in [-0.15, -0.1) is 0 Å². The van der Waals surface area contributed by atoms with E-state index in [0.717, 1.165) is 25.9 Å². The van der Waals surface area contributed by atoms with Gasteiger partial charge in [-0.2, -0.15) is 0 Å². The van der Waals surface area contributed by atoms with Crippen molar-refractivity contribution >= 4 is 5.97 Å². The fraction of sp³-hybridized carbons (Fsp3) is 0.533. The second kappa shape index (κ2) is 5.53. The number of carboxylic acid groups (broad SMARTS) is 1. The molecule has 2 rings (SSSR count). The summed E-state index contributed by atoms with van der Waals surface area (Å²) in [5.74, 6) is -0.323. The van der Waals surface area contributed by atoms with E-state index in [4.69, 9.17) is 5.11 Å². The molecule has 0 radical (unpaired) electrons. The number of hydrogen-bond acceptors (Lipinski definition) is 2. The van der Waals surface area contributed by atoms with Gasteiger partial charge >= 0.3 is 5.97 Å². The Bertz CT molecular complexity index is 420. The van der Waals surface area contributed by atoms with Crippen LogP contribution in [0.5, 0.6) is 0 Å². The molecule has 98 valence electrons. The zero-order valence-corrected chi connectivity index (χ0v) is 11.1. The van der Waals surface area contributed by atoms with E-state index in [1.165, 1.54) is 5.56 Å². The quantitative estimate of drug-likeness (QED) is 0.892. The SMILES string of the molecule is CC(C)N1CCC(c2cccc(C(=O)O)c2)CC1. The first-order chi connectivity index (χ1) is 8.58. The Hall–Kier alpha value is -1.35. The Morgan fingerprint density at radius 1 is 1.33 bits per heavy atom. The molecule has 18 heavy (non-hydrogen) atoms. The third-order valence-corrected chi connectivity index (χ3v) is 3.86. The first-order valence-electron chi connectivity index (χ1n) is 6.65. The predicted octanol–water partition coefficient (Wildman–Crippen LogP) is 2.97. The van der Waals surface area contributed by atoms with Crippen molar-refractivity contribution in [2.75, 3.05) is 13.1 Å². The van der Waals surface area contributed by atoms with Crippen LogP contribution in [0.25, 0.3) is 0 Å². The minimum atomic E-state index is -0.837. The largest absolute Gasteiger partial charge is 0.478 e. The van der Waals surface area contributed by atoms with Crippen LogP contribution in [-0.4, -0.2) is 35.1 Å². The van der Waals surface area contributed by atoms with Gasteiger partial charge in [-0.3, -0.25) is 0 Å². The molecule has 1 aromatic rings. The zero-order chi connectivity index (χ0) is 13.1. The van der Waals surface area contributed by atoms with Gasteiger partial charge in [-0.1, -0.05) is 12.1 Å². The second-order valence-electron chi connectivity index (χ2n) is 5.33. The Morgan fingerprint density at radius 2 is 2.00 bits per heavy atom. The van der Waals surface area contributed by atoms with Crippen molar-refractivity contribution in [3.63, 3.8) is 0 Å². The van der Waals surface area contributed by atoms with Gasteiger partial charge in [-0.05, 0) is 63.4 Å². The molecule has 0 aliphatic carbocycles. The average molecular weight is 247 g/mol. The van der Waals surface area contributed by atoms with E-state index < -0.39 is 5.97 Å². The van der Waals surface area contributed by atoms with Gasteiger partial charge in [-0.25, -0.2) is 4.79 Å². The lowest BCUT2D eigenvalue weighted by atomic mass is 9.88. The van der Waals surface area contributed by atoms with Crippen LogP contribution < -0.4 is 0 Å². The van der Waals surface area contributed by atoms with Crippen LogP contribution in [-0.2, 0) is 0 Å². The van der Waals surface area contributed by atoms with Crippen molar-refractivity contribution in [3.05, 3.63) is 35.4 Å². The fourth-order valence-corrected chi connectivity index (χ4v) is 2.67. The molecule has 0 aromatic heterocycles. The lowest BCUT2D eigenvalue weighted by molar-refractivity contribution is 0.0696. The highest BCUT2D eigenvalue weighted by atomic mass is 16.4. The maximum Gasteiger partial charge on any atom is 0.335 e. The molecule has 0 atom stereocenters. The first kappa shape index (κ1) is 13.1. The molecular weight excluding hydrogens is 226 g/mol. The van der Waals surface area contributed by atoms with Gasteiger partial charge in [0.25, 0.3) is 0 Å². The molecule has 1 heterocycles. The molecule has 3 nitrogen and oxygen atoms in total. The number of piperidine rings is 1. The third-order valence-electron chi connectivity index (χ3n) is 3.86. The number of nitrogens with zero attached hydrogens (tertiary/aromatic N) is 1. The Balaban J connectivity index is 2.05. The molecule has 1 aliphatic heterocycles. The van der Waals surface area contributed by atoms with Gasteiger partial charge in [0.2, 0.25) is 0 Å². The van der Waals surface area contributed by atoms with Crippen molar-refractivity contribution < 1.29 is 9.90 Å². The molecule has 0 spiro atoms. The second-order valence-corrected chi connectivity index (χ2v) is 5.33. The van der Waals surface area contributed by atoms with Crippen molar-refractivity contribution in [2.24, 2.45) is 0 Å². The Labute approximate surface area is 108 Å². The molecule has 1 fully saturated rings. The van der Waals surface area contributed by atoms with Crippen molar-refractivity contribution in [1.29, 1.82) is 0 Å². The summed E-state index contributed by atoms with van der Waals surface area (Å²) in [7, 11) is 0.